The van der Waals surface area contributed by atoms with Crippen molar-refractivity contribution in [2.45, 2.75) is 26.3 Å². The summed E-state index contributed by atoms with van der Waals surface area (Å²) in [5, 5.41) is 4.16. The quantitative estimate of drug-likeness (QED) is 0.722. The average molecular weight is 165 g/mol. The van der Waals surface area contributed by atoms with Crippen molar-refractivity contribution in [3.8, 4) is 0 Å². The first-order valence-electron chi connectivity index (χ1n) is 4.53. The molecular weight excluding hydrogens is 150 g/mol. The van der Waals surface area contributed by atoms with Gasteiger partial charge in [0.05, 0.1) is 11.9 Å². The molecule has 0 amide bonds. The van der Waals surface area contributed by atoms with E-state index in [4.69, 9.17) is 5.73 Å². The predicted octanol–water partition coefficient (Wildman–Crippen LogP) is 1.51. The van der Waals surface area contributed by atoms with Crippen LogP contribution in [0.5, 0.6) is 0 Å². The first kappa shape index (κ1) is 7.65. The van der Waals surface area contributed by atoms with Crippen molar-refractivity contribution < 1.29 is 0 Å². The zero-order valence-electron chi connectivity index (χ0n) is 7.40. The molecule has 0 aliphatic heterocycles. The van der Waals surface area contributed by atoms with Crippen LogP contribution in [0.4, 0.5) is 5.69 Å². The van der Waals surface area contributed by atoms with Crippen LogP contribution in [0.2, 0.25) is 0 Å². The van der Waals surface area contributed by atoms with E-state index in [9.17, 15) is 0 Å². The molecule has 3 nitrogen and oxygen atoms in total. The highest BCUT2D eigenvalue weighted by molar-refractivity contribution is 5.30. The van der Waals surface area contributed by atoms with Gasteiger partial charge in [-0.15, -0.1) is 0 Å². The first-order chi connectivity index (χ1) is 5.75. The Bertz CT molecular complexity index is 266. The highest BCUT2D eigenvalue weighted by atomic mass is 15.3. The molecule has 66 valence electrons. The Hall–Kier alpha value is -0.990. The van der Waals surface area contributed by atoms with Crippen LogP contribution < -0.4 is 5.73 Å². The van der Waals surface area contributed by atoms with Crippen molar-refractivity contribution in [2.75, 3.05) is 5.73 Å². The summed E-state index contributed by atoms with van der Waals surface area (Å²) in [6, 6.07) is 0. The summed E-state index contributed by atoms with van der Waals surface area (Å²) >= 11 is 0. The first-order valence-corrected chi connectivity index (χ1v) is 4.53. The van der Waals surface area contributed by atoms with Crippen LogP contribution in [-0.2, 0) is 6.54 Å². The maximum atomic E-state index is 5.57. The zero-order chi connectivity index (χ0) is 8.55. The van der Waals surface area contributed by atoms with Crippen LogP contribution in [0, 0.1) is 11.8 Å². The van der Waals surface area contributed by atoms with E-state index in [1.54, 1.807) is 6.20 Å². The van der Waals surface area contributed by atoms with Crippen LogP contribution in [0.15, 0.2) is 12.4 Å². The third-order valence-corrected chi connectivity index (χ3v) is 2.87. The number of nitrogens with two attached hydrogens (primary N) is 1. The van der Waals surface area contributed by atoms with Gasteiger partial charge in [-0.1, -0.05) is 13.3 Å². The van der Waals surface area contributed by atoms with Crippen molar-refractivity contribution in [2.24, 2.45) is 11.8 Å². The predicted molar refractivity (Wildman–Crippen MR) is 48.5 cm³/mol. The van der Waals surface area contributed by atoms with Gasteiger partial charge in [-0.05, 0) is 18.3 Å². The van der Waals surface area contributed by atoms with Crippen LogP contribution >= 0.6 is 0 Å². The average Bonchev–Trinajstić information content (AvgIpc) is 2.44. The number of hydrogen-bond acceptors (Lipinski definition) is 2. The molecule has 1 aliphatic rings. The summed E-state index contributed by atoms with van der Waals surface area (Å²) in [6.07, 6.45) is 6.34. The van der Waals surface area contributed by atoms with Gasteiger partial charge in [0.2, 0.25) is 0 Å². The normalized spacial score (nSPS) is 28.4. The lowest BCUT2D eigenvalue weighted by Gasteiger charge is -2.33. The van der Waals surface area contributed by atoms with Gasteiger partial charge in [0.25, 0.3) is 0 Å². The molecule has 0 unspecified atom stereocenters. The SMILES string of the molecule is C[C@H]1CC[C@H]1Cn1cc(N)cn1. The van der Waals surface area contributed by atoms with Crippen LogP contribution in [-0.4, -0.2) is 9.78 Å². The number of nitrogen functional groups attached to an aromatic ring is 1. The third-order valence-electron chi connectivity index (χ3n) is 2.87. The fourth-order valence-electron chi connectivity index (χ4n) is 1.73. The molecule has 3 heteroatoms. The molecule has 1 aliphatic carbocycles. The Morgan fingerprint density at radius 3 is 2.92 bits per heavy atom. The van der Waals surface area contributed by atoms with Gasteiger partial charge in [0.15, 0.2) is 0 Å². The van der Waals surface area contributed by atoms with Gasteiger partial charge < -0.3 is 5.73 Å². The van der Waals surface area contributed by atoms with E-state index < -0.39 is 0 Å². The van der Waals surface area contributed by atoms with E-state index in [0.29, 0.717) is 0 Å². The Morgan fingerprint density at radius 2 is 2.50 bits per heavy atom. The van der Waals surface area contributed by atoms with Crippen LogP contribution in [0.3, 0.4) is 0 Å². The highest BCUT2D eigenvalue weighted by Crippen LogP contribution is 2.34. The fraction of sp³-hybridized carbons (Fsp3) is 0.667. The number of anilines is 1. The van der Waals surface area contributed by atoms with E-state index in [-0.39, 0.29) is 0 Å². The van der Waals surface area contributed by atoms with E-state index >= 15 is 0 Å². The summed E-state index contributed by atoms with van der Waals surface area (Å²) in [6.45, 7) is 3.35. The van der Waals surface area contributed by atoms with E-state index in [1.807, 2.05) is 10.9 Å². The van der Waals surface area contributed by atoms with E-state index in [2.05, 4.69) is 12.0 Å². The Balaban J connectivity index is 1.95. The van der Waals surface area contributed by atoms with Gasteiger partial charge in [-0.3, -0.25) is 4.68 Å². The lowest BCUT2D eigenvalue weighted by atomic mass is 9.75. The molecule has 0 spiro atoms. The molecule has 0 bridgehead atoms. The van der Waals surface area contributed by atoms with Crippen LogP contribution in [0.25, 0.3) is 0 Å². The maximum Gasteiger partial charge on any atom is 0.0719 e. The molecule has 2 rings (SSSR count). The smallest absolute Gasteiger partial charge is 0.0719 e. The summed E-state index contributed by atoms with van der Waals surface area (Å²) in [5.74, 6) is 1.69. The molecule has 12 heavy (non-hydrogen) atoms. The lowest BCUT2D eigenvalue weighted by molar-refractivity contribution is 0.165. The number of nitrogens with zero attached hydrogens (tertiary/aromatic N) is 2. The second-order valence-corrected chi connectivity index (χ2v) is 3.81. The summed E-state index contributed by atoms with van der Waals surface area (Å²) in [5.41, 5.74) is 6.33. The Kier molecular flexibility index (Phi) is 1.79. The minimum absolute atomic E-state index is 0.766. The molecule has 0 radical (unpaired) electrons. The number of rotatable bonds is 2. The zero-order valence-corrected chi connectivity index (χ0v) is 7.40. The monoisotopic (exact) mass is 165 g/mol. The second-order valence-electron chi connectivity index (χ2n) is 3.81. The molecule has 2 atom stereocenters. The molecule has 1 saturated carbocycles. The van der Waals surface area contributed by atoms with Crippen molar-refractivity contribution >= 4 is 5.69 Å². The van der Waals surface area contributed by atoms with Gasteiger partial charge in [-0.25, -0.2) is 0 Å². The van der Waals surface area contributed by atoms with E-state index in [0.717, 1.165) is 24.1 Å². The van der Waals surface area contributed by atoms with Crippen molar-refractivity contribution in [1.82, 2.24) is 9.78 Å². The molecule has 1 aromatic heterocycles. The van der Waals surface area contributed by atoms with Gasteiger partial charge >= 0.3 is 0 Å². The second kappa shape index (κ2) is 2.81. The van der Waals surface area contributed by atoms with E-state index in [1.165, 1.54) is 12.8 Å². The van der Waals surface area contributed by atoms with Crippen molar-refractivity contribution in [3.63, 3.8) is 0 Å². The number of aromatic nitrogens is 2. The van der Waals surface area contributed by atoms with Crippen molar-refractivity contribution in [3.05, 3.63) is 12.4 Å². The van der Waals surface area contributed by atoms with Crippen molar-refractivity contribution in [1.29, 1.82) is 0 Å². The number of hydrogen-bond donors (Lipinski definition) is 1. The lowest BCUT2D eigenvalue weighted by Crippen LogP contribution is -2.27. The Morgan fingerprint density at radius 1 is 1.67 bits per heavy atom. The summed E-state index contributed by atoms with van der Waals surface area (Å²) in [4.78, 5) is 0. The molecule has 1 aromatic rings. The molecule has 1 heterocycles. The minimum Gasteiger partial charge on any atom is -0.396 e. The summed E-state index contributed by atoms with van der Waals surface area (Å²) < 4.78 is 1.95. The van der Waals surface area contributed by atoms with Crippen LogP contribution in [0.1, 0.15) is 19.8 Å². The maximum absolute atomic E-state index is 5.57. The topological polar surface area (TPSA) is 43.8 Å². The molecule has 0 saturated heterocycles. The largest absolute Gasteiger partial charge is 0.396 e. The fourth-order valence-corrected chi connectivity index (χ4v) is 1.73. The molecule has 1 fully saturated rings. The van der Waals surface area contributed by atoms with Gasteiger partial charge in [0, 0.05) is 12.7 Å². The highest BCUT2D eigenvalue weighted by Gasteiger charge is 2.26. The van der Waals surface area contributed by atoms with Gasteiger partial charge in [0.1, 0.15) is 0 Å². The molecule has 2 N–H and O–H groups in total. The third kappa shape index (κ3) is 1.31. The standard InChI is InChI=1S/C9H15N3/c1-7-2-3-8(7)5-12-6-9(10)4-11-12/h4,6-8H,2-3,5,10H2,1H3/t7-,8-/m0/s1. The Labute approximate surface area is 72.6 Å². The van der Waals surface area contributed by atoms with Gasteiger partial charge in [-0.2, -0.15) is 5.10 Å². The molecule has 0 aromatic carbocycles. The minimum atomic E-state index is 0.766. The summed E-state index contributed by atoms with van der Waals surface area (Å²) in [7, 11) is 0. The molecular formula is C9H15N3.